The van der Waals surface area contributed by atoms with Crippen molar-refractivity contribution in [1.29, 1.82) is 0 Å². The molecule has 1 aliphatic heterocycles. The number of rotatable bonds is 5. The summed E-state index contributed by atoms with van der Waals surface area (Å²) in [4.78, 5) is 13.8. The Balaban J connectivity index is 1.49. The van der Waals surface area contributed by atoms with Gasteiger partial charge in [0.15, 0.2) is 5.13 Å². The van der Waals surface area contributed by atoms with Gasteiger partial charge in [0.1, 0.15) is 5.49 Å². The number of nitrogens with zero attached hydrogens (tertiary/aromatic N) is 2. The van der Waals surface area contributed by atoms with E-state index in [1.807, 2.05) is 0 Å². The van der Waals surface area contributed by atoms with Crippen molar-refractivity contribution < 1.29 is 0 Å². The molecule has 4 nitrogen and oxygen atoms in total. The van der Waals surface area contributed by atoms with Gasteiger partial charge >= 0.3 is 0 Å². The zero-order chi connectivity index (χ0) is 17.2. The molecule has 0 amide bonds. The maximum atomic E-state index is 4.70. The number of H-pyrrole nitrogens is 1. The molecule has 0 spiro atoms. The van der Waals surface area contributed by atoms with Crippen LogP contribution in [0.5, 0.6) is 0 Å². The quantitative estimate of drug-likeness (QED) is 0.743. The van der Waals surface area contributed by atoms with Crippen molar-refractivity contribution in [2.24, 2.45) is 4.99 Å². The SMILES string of the molecule is Cc1ccc(CNc2nc(C)c(Cc3c[nH]c4c3=CCCN=4)s2)cc1. The van der Waals surface area contributed by atoms with Gasteiger partial charge in [-0.1, -0.05) is 35.9 Å². The van der Waals surface area contributed by atoms with E-state index in [4.69, 9.17) is 4.98 Å². The molecule has 2 N–H and O–H groups in total. The van der Waals surface area contributed by atoms with Crippen molar-refractivity contribution in [3.63, 3.8) is 0 Å². The Hall–Kier alpha value is -2.40. The van der Waals surface area contributed by atoms with Gasteiger partial charge in [-0.25, -0.2) is 4.98 Å². The normalized spacial score (nSPS) is 13.0. The van der Waals surface area contributed by atoms with E-state index in [0.717, 1.165) is 42.2 Å². The number of aryl methyl sites for hydroxylation is 2. The van der Waals surface area contributed by atoms with Gasteiger partial charge in [0.2, 0.25) is 0 Å². The topological polar surface area (TPSA) is 53.1 Å². The zero-order valence-electron chi connectivity index (χ0n) is 14.6. The largest absolute Gasteiger partial charge is 0.357 e. The maximum absolute atomic E-state index is 4.70. The fraction of sp³-hybridized carbons (Fsp3) is 0.300. The van der Waals surface area contributed by atoms with Gasteiger partial charge in [0, 0.05) is 35.8 Å². The summed E-state index contributed by atoms with van der Waals surface area (Å²) < 4.78 is 0. The summed E-state index contributed by atoms with van der Waals surface area (Å²) in [6.07, 6.45) is 6.33. The Labute approximate surface area is 151 Å². The van der Waals surface area contributed by atoms with Gasteiger partial charge < -0.3 is 10.3 Å². The molecular formula is C20H22N4S. The van der Waals surface area contributed by atoms with Gasteiger partial charge in [0.25, 0.3) is 0 Å². The Morgan fingerprint density at radius 2 is 2.04 bits per heavy atom. The highest BCUT2D eigenvalue weighted by atomic mass is 32.1. The molecule has 0 aliphatic carbocycles. The molecule has 2 aromatic heterocycles. The van der Waals surface area contributed by atoms with Crippen molar-refractivity contribution in [1.82, 2.24) is 9.97 Å². The van der Waals surface area contributed by atoms with E-state index < -0.39 is 0 Å². The fourth-order valence-electron chi connectivity index (χ4n) is 3.08. The van der Waals surface area contributed by atoms with Crippen molar-refractivity contribution in [2.45, 2.75) is 33.2 Å². The lowest BCUT2D eigenvalue weighted by Crippen LogP contribution is -2.28. The van der Waals surface area contributed by atoms with Crippen LogP contribution in [0.25, 0.3) is 6.08 Å². The molecule has 25 heavy (non-hydrogen) atoms. The molecule has 3 aromatic rings. The van der Waals surface area contributed by atoms with Crippen LogP contribution in [0.4, 0.5) is 5.13 Å². The molecule has 0 radical (unpaired) electrons. The second-order valence-electron chi connectivity index (χ2n) is 6.49. The number of fused-ring (bicyclic) bond motifs is 1. The van der Waals surface area contributed by atoms with Crippen LogP contribution in [0.15, 0.2) is 35.5 Å². The van der Waals surface area contributed by atoms with Crippen LogP contribution in [-0.4, -0.2) is 16.5 Å². The third kappa shape index (κ3) is 3.51. The number of aromatic nitrogens is 2. The van der Waals surface area contributed by atoms with Gasteiger partial charge in [-0.3, -0.25) is 4.99 Å². The van der Waals surface area contributed by atoms with Crippen LogP contribution in [0.3, 0.4) is 0 Å². The Morgan fingerprint density at radius 1 is 1.20 bits per heavy atom. The molecule has 0 unspecified atom stereocenters. The van der Waals surface area contributed by atoms with Crippen LogP contribution >= 0.6 is 11.3 Å². The zero-order valence-corrected chi connectivity index (χ0v) is 15.4. The van der Waals surface area contributed by atoms with Crippen LogP contribution < -0.4 is 16.0 Å². The number of hydrogen-bond acceptors (Lipinski definition) is 4. The first-order valence-corrected chi connectivity index (χ1v) is 9.47. The standard InChI is InChI=1S/C20H22N4S/c1-13-5-7-15(8-6-13)11-23-20-24-14(2)18(25-20)10-16-12-22-19-17(16)4-3-9-21-19/h4-8,12H,3,9-11H2,1-2H3,(H,21,22)(H,23,24). The van der Waals surface area contributed by atoms with Crippen molar-refractivity contribution in [3.8, 4) is 0 Å². The highest BCUT2D eigenvalue weighted by Gasteiger charge is 2.11. The second kappa shape index (κ2) is 6.84. The summed E-state index contributed by atoms with van der Waals surface area (Å²) in [5.74, 6) is 0. The summed E-state index contributed by atoms with van der Waals surface area (Å²) in [6.45, 7) is 5.90. The Morgan fingerprint density at radius 3 is 2.88 bits per heavy atom. The van der Waals surface area contributed by atoms with E-state index in [9.17, 15) is 0 Å². The van der Waals surface area contributed by atoms with Crippen LogP contribution in [0.1, 0.15) is 33.7 Å². The molecule has 5 heteroatoms. The lowest BCUT2D eigenvalue weighted by atomic mass is 10.1. The molecule has 1 aliphatic rings. The number of nitrogens with one attached hydrogen (secondary N) is 2. The predicted octanol–water partition coefficient (Wildman–Crippen LogP) is 3.09. The van der Waals surface area contributed by atoms with Crippen molar-refractivity contribution in [2.75, 3.05) is 11.9 Å². The molecule has 0 saturated heterocycles. The number of thiazole rings is 1. The van der Waals surface area contributed by atoms with E-state index in [2.05, 4.69) is 65.7 Å². The van der Waals surface area contributed by atoms with E-state index in [-0.39, 0.29) is 0 Å². The van der Waals surface area contributed by atoms with Crippen LogP contribution in [0.2, 0.25) is 0 Å². The number of benzene rings is 1. The minimum absolute atomic E-state index is 0.804. The van der Waals surface area contributed by atoms with E-state index in [1.165, 1.54) is 26.8 Å². The van der Waals surface area contributed by atoms with E-state index >= 15 is 0 Å². The fourth-order valence-corrected chi connectivity index (χ4v) is 4.06. The summed E-state index contributed by atoms with van der Waals surface area (Å²) in [5, 5.41) is 5.72. The van der Waals surface area contributed by atoms with Gasteiger partial charge in [0.05, 0.1) is 5.69 Å². The molecule has 0 bridgehead atoms. The van der Waals surface area contributed by atoms with Crippen LogP contribution in [0, 0.1) is 13.8 Å². The van der Waals surface area contributed by atoms with Gasteiger partial charge in [-0.05, 0) is 31.4 Å². The van der Waals surface area contributed by atoms with Crippen LogP contribution in [-0.2, 0) is 13.0 Å². The first kappa shape index (κ1) is 16.1. The first-order valence-electron chi connectivity index (χ1n) is 8.66. The average molecular weight is 350 g/mol. The molecule has 0 fully saturated rings. The summed E-state index contributed by atoms with van der Waals surface area (Å²) >= 11 is 1.75. The molecule has 128 valence electrons. The summed E-state index contributed by atoms with van der Waals surface area (Å²) in [7, 11) is 0. The monoisotopic (exact) mass is 350 g/mol. The maximum Gasteiger partial charge on any atom is 0.183 e. The third-order valence-electron chi connectivity index (χ3n) is 4.54. The lowest BCUT2D eigenvalue weighted by Gasteiger charge is -2.03. The summed E-state index contributed by atoms with van der Waals surface area (Å²) in [5.41, 5.74) is 6.01. The number of aromatic amines is 1. The van der Waals surface area contributed by atoms with Gasteiger partial charge in [-0.15, -0.1) is 11.3 Å². The molecule has 1 aromatic carbocycles. The number of hydrogen-bond donors (Lipinski definition) is 2. The lowest BCUT2D eigenvalue weighted by molar-refractivity contribution is 0.933. The van der Waals surface area contributed by atoms with E-state index in [1.54, 1.807) is 11.3 Å². The van der Waals surface area contributed by atoms with E-state index in [0.29, 0.717) is 0 Å². The highest BCUT2D eigenvalue weighted by Crippen LogP contribution is 2.25. The molecule has 0 atom stereocenters. The smallest absolute Gasteiger partial charge is 0.183 e. The predicted molar refractivity (Wildman–Crippen MR) is 104 cm³/mol. The molecule has 0 saturated carbocycles. The highest BCUT2D eigenvalue weighted by molar-refractivity contribution is 7.15. The third-order valence-corrected chi connectivity index (χ3v) is 5.65. The number of anilines is 1. The van der Waals surface area contributed by atoms with Gasteiger partial charge in [-0.2, -0.15) is 0 Å². The molecular weight excluding hydrogens is 328 g/mol. The minimum atomic E-state index is 0.804. The first-order chi connectivity index (χ1) is 12.2. The minimum Gasteiger partial charge on any atom is -0.357 e. The van der Waals surface area contributed by atoms with Crippen molar-refractivity contribution >= 4 is 22.5 Å². The second-order valence-corrected chi connectivity index (χ2v) is 7.58. The van der Waals surface area contributed by atoms with Crippen molar-refractivity contribution in [3.05, 3.63) is 68.4 Å². The Bertz CT molecular complexity index is 995. The molecule has 4 rings (SSSR count). The average Bonchev–Trinajstić information content (AvgIpc) is 3.19. The summed E-state index contributed by atoms with van der Waals surface area (Å²) in [6, 6.07) is 8.61. The molecule has 3 heterocycles. The Kier molecular flexibility index (Phi) is 4.40.